The standard InChI is InChI=1S/C26H22O2S/c1-19-3-15-25(16-4-19)29-26-17-13-24(14-18-26)28-23-11-7-21(8-12-23)20-5-9-22(27-2)10-6-20/h3-18H,1-2H3. The fourth-order valence-electron chi connectivity index (χ4n) is 2.95. The van der Waals surface area contributed by atoms with Crippen molar-refractivity contribution in [2.45, 2.75) is 16.7 Å². The molecule has 0 bridgehead atoms. The Kier molecular flexibility index (Phi) is 5.87. The van der Waals surface area contributed by atoms with Gasteiger partial charge < -0.3 is 9.47 Å². The molecule has 144 valence electrons. The summed E-state index contributed by atoms with van der Waals surface area (Å²) >= 11 is 1.75. The Labute approximate surface area is 176 Å². The highest BCUT2D eigenvalue weighted by Gasteiger charge is 2.03. The second-order valence-corrected chi connectivity index (χ2v) is 7.89. The molecule has 2 nitrogen and oxygen atoms in total. The Balaban J connectivity index is 1.40. The molecule has 0 amide bonds. The Morgan fingerprint density at radius 3 is 1.41 bits per heavy atom. The quantitative estimate of drug-likeness (QED) is 0.333. The summed E-state index contributed by atoms with van der Waals surface area (Å²) in [7, 11) is 1.68. The molecule has 0 heterocycles. The van der Waals surface area contributed by atoms with Crippen molar-refractivity contribution in [3.8, 4) is 28.4 Å². The maximum absolute atomic E-state index is 6.00. The highest BCUT2D eigenvalue weighted by atomic mass is 32.2. The first-order valence-corrected chi connectivity index (χ1v) is 10.3. The molecule has 0 saturated carbocycles. The van der Waals surface area contributed by atoms with E-state index in [1.54, 1.807) is 18.9 Å². The van der Waals surface area contributed by atoms with Gasteiger partial charge in [0.05, 0.1) is 7.11 Å². The van der Waals surface area contributed by atoms with Crippen molar-refractivity contribution in [1.82, 2.24) is 0 Å². The summed E-state index contributed by atoms with van der Waals surface area (Å²) < 4.78 is 11.2. The summed E-state index contributed by atoms with van der Waals surface area (Å²) in [6.07, 6.45) is 0. The van der Waals surface area contributed by atoms with Crippen LogP contribution >= 0.6 is 11.8 Å². The average molecular weight is 399 g/mol. The topological polar surface area (TPSA) is 18.5 Å². The lowest BCUT2D eigenvalue weighted by molar-refractivity contribution is 0.415. The lowest BCUT2D eigenvalue weighted by atomic mass is 10.1. The highest BCUT2D eigenvalue weighted by molar-refractivity contribution is 7.99. The van der Waals surface area contributed by atoms with Crippen LogP contribution < -0.4 is 9.47 Å². The van der Waals surface area contributed by atoms with Crippen molar-refractivity contribution in [1.29, 1.82) is 0 Å². The smallest absolute Gasteiger partial charge is 0.127 e. The zero-order valence-electron chi connectivity index (χ0n) is 16.5. The minimum Gasteiger partial charge on any atom is -0.497 e. The van der Waals surface area contributed by atoms with Crippen molar-refractivity contribution in [3.05, 3.63) is 103 Å². The van der Waals surface area contributed by atoms with Crippen LogP contribution in [0.15, 0.2) is 107 Å². The maximum Gasteiger partial charge on any atom is 0.127 e. The van der Waals surface area contributed by atoms with Crippen molar-refractivity contribution < 1.29 is 9.47 Å². The van der Waals surface area contributed by atoms with Crippen LogP contribution in [0, 0.1) is 6.92 Å². The van der Waals surface area contributed by atoms with Gasteiger partial charge in [-0.1, -0.05) is 53.7 Å². The summed E-state index contributed by atoms with van der Waals surface area (Å²) in [6, 6.07) is 32.9. The van der Waals surface area contributed by atoms with Gasteiger partial charge >= 0.3 is 0 Å². The van der Waals surface area contributed by atoms with Crippen molar-refractivity contribution in [2.24, 2.45) is 0 Å². The first kappa shape index (κ1) is 19.2. The lowest BCUT2D eigenvalue weighted by Crippen LogP contribution is -1.85. The van der Waals surface area contributed by atoms with Gasteiger partial charge in [-0.3, -0.25) is 0 Å². The molecule has 0 fully saturated rings. The van der Waals surface area contributed by atoms with Crippen LogP contribution in [0.3, 0.4) is 0 Å². The number of benzene rings is 4. The Bertz CT molecular complexity index is 1050. The molecule has 0 aliphatic heterocycles. The van der Waals surface area contributed by atoms with Crippen LogP contribution in [-0.2, 0) is 0 Å². The first-order valence-electron chi connectivity index (χ1n) is 9.46. The van der Waals surface area contributed by atoms with Gasteiger partial charge in [-0.25, -0.2) is 0 Å². The maximum atomic E-state index is 6.00. The van der Waals surface area contributed by atoms with Gasteiger partial charge in [-0.05, 0) is 78.7 Å². The van der Waals surface area contributed by atoms with E-state index in [1.807, 2.05) is 36.4 Å². The zero-order valence-corrected chi connectivity index (χ0v) is 17.3. The lowest BCUT2D eigenvalue weighted by Gasteiger charge is -2.09. The van der Waals surface area contributed by atoms with Crippen LogP contribution in [0.25, 0.3) is 11.1 Å². The third-order valence-electron chi connectivity index (χ3n) is 4.59. The van der Waals surface area contributed by atoms with Crippen LogP contribution in [0.5, 0.6) is 17.2 Å². The van der Waals surface area contributed by atoms with Gasteiger partial charge in [-0.2, -0.15) is 0 Å². The average Bonchev–Trinajstić information content (AvgIpc) is 2.77. The number of hydrogen-bond acceptors (Lipinski definition) is 3. The molecule has 0 N–H and O–H groups in total. The minimum atomic E-state index is 0.821. The van der Waals surface area contributed by atoms with E-state index in [0.717, 1.165) is 28.4 Å². The summed E-state index contributed by atoms with van der Waals surface area (Å²) in [5.41, 5.74) is 3.57. The predicted octanol–water partition coefficient (Wildman–Crippen LogP) is 7.61. The molecule has 4 aromatic rings. The number of aryl methyl sites for hydroxylation is 1. The first-order chi connectivity index (χ1) is 14.2. The Morgan fingerprint density at radius 2 is 0.931 bits per heavy atom. The molecule has 0 atom stereocenters. The predicted molar refractivity (Wildman–Crippen MR) is 120 cm³/mol. The van der Waals surface area contributed by atoms with E-state index in [2.05, 4.69) is 67.6 Å². The van der Waals surface area contributed by atoms with Crippen LogP contribution in [0.1, 0.15) is 5.56 Å². The molecule has 0 radical (unpaired) electrons. The molecule has 0 saturated heterocycles. The van der Waals surface area contributed by atoms with Crippen LogP contribution in [-0.4, -0.2) is 7.11 Å². The third kappa shape index (κ3) is 5.01. The zero-order chi connectivity index (χ0) is 20.1. The van der Waals surface area contributed by atoms with Gasteiger partial charge in [0.2, 0.25) is 0 Å². The van der Waals surface area contributed by atoms with E-state index in [1.165, 1.54) is 15.4 Å². The van der Waals surface area contributed by atoms with E-state index in [9.17, 15) is 0 Å². The largest absolute Gasteiger partial charge is 0.497 e. The Morgan fingerprint density at radius 1 is 0.517 bits per heavy atom. The second kappa shape index (κ2) is 8.89. The van der Waals surface area contributed by atoms with Gasteiger partial charge in [0.25, 0.3) is 0 Å². The number of rotatable bonds is 6. The van der Waals surface area contributed by atoms with Gasteiger partial charge in [0.15, 0.2) is 0 Å². The molecule has 0 aliphatic rings. The van der Waals surface area contributed by atoms with Crippen LogP contribution in [0.4, 0.5) is 0 Å². The normalized spacial score (nSPS) is 10.6. The van der Waals surface area contributed by atoms with Crippen molar-refractivity contribution >= 4 is 11.8 Å². The molecule has 3 heteroatoms. The number of ether oxygens (including phenoxy) is 2. The van der Waals surface area contributed by atoms with E-state index < -0.39 is 0 Å². The highest BCUT2D eigenvalue weighted by Crippen LogP contribution is 2.31. The molecule has 4 rings (SSSR count). The van der Waals surface area contributed by atoms with E-state index >= 15 is 0 Å². The van der Waals surface area contributed by atoms with E-state index in [0.29, 0.717) is 0 Å². The van der Waals surface area contributed by atoms with Gasteiger partial charge in [0, 0.05) is 9.79 Å². The second-order valence-electron chi connectivity index (χ2n) is 6.74. The summed E-state index contributed by atoms with van der Waals surface area (Å²) in [5, 5.41) is 0. The SMILES string of the molecule is COc1ccc(-c2ccc(Oc3ccc(Sc4ccc(C)cc4)cc3)cc2)cc1. The van der Waals surface area contributed by atoms with Gasteiger partial charge in [-0.15, -0.1) is 0 Å². The molecule has 0 aliphatic carbocycles. The minimum absolute atomic E-state index is 0.821. The fourth-order valence-corrected chi connectivity index (χ4v) is 3.77. The van der Waals surface area contributed by atoms with E-state index in [4.69, 9.17) is 9.47 Å². The molecular weight excluding hydrogens is 376 g/mol. The number of hydrogen-bond donors (Lipinski definition) is 0. The van der Waals surface area contributed by atoms with E-state index in [-0.39, 0.29) is 0 Å². The summed E-state index contributed by atoms with van der Waals surface area (Å²) in [5.74, 6) is 2.51. The summed E-state index contributed by atoms with van der Waals surface area (Å²) in [4.78, 5) is 2.43. The van der Waals surface area contributed by atoms with Crippen molar-refractivity contribution in [2.75, 3.05) is 7.11 Å². The van der Waals surface area contributed by atoms with Gasteiger partial charge in [0.1, 0.15) is 17.2 Å². The Hall–Kier alpha value is -3.17. The number of methoxy groups -OCH3 is 1. The summed E-state index contributed by atoms with van der Waals surface area (Å²) in [6.45, 7) is 2.10. The molecule has 0 aromatic heterocycles. The molecular formula is C26H22O2S. The van der Waals surface area contributed by atoms with Crippen LogP contribution in [0.2, 0.25) is 0 Å². The molecule has 29 heavy (non-hydrogen) atoms. The monoisotopic (exact) mass is 398 g/mol. The molecule has 0 spiro atoms. The molecule has 4 aromatic carbocycles. The van der Waals surface area contributed by atoms with Crippen molar-refractivity contribution in [3.63, 3.8) is 0 Å². The fraction of sp³-hybridized carbons (Fsp3) is 0.0769. The molecule has 0 unspecified atom stereocenters. The third-order valence-corrected chi connectivity index (χ3v) is 5.61.